The summed E-state index contributed by atoms with van der Waals surface area (Å²) < 4.78 is 45.6. The summed E-state index contributed by atoms with van der Waals surface area (Å²) in [6.45, 7) is 2.53. The number of halogens is 3. The van der Waals surface area contributed by atoms with E-state index in [1.807, 2.05) is 43.1 Å². The van der Waals surface area contributed by atoms with E-state index in [0.717, 1.165) is 11.3 Å². The van der Waals surface area contributed by atoms with Crippen LogP contribution in [0.5, 0.6) is 5.75 Å². The van der Waals surface area contributed by atoms with Gasteiger partial charge in [0.2, 0.25) is 0 Å². The number of hydrogen-bond donors (Lipinski definition) is 1. The summed E-state index contributed by atoms with van der Waals surface area (Å²) in [6.07, 6.45) is -3.85. The van der Waals surface area contributed by atoms with Gasteiger partial charge in [0.25, 0.3) is 0 Å². The number of nitrogens with zero attached hydrogens (tertiary/aromatic N) is 2. The topological polar surface area (TPSA) is 46.1 Å². The Bertz CT molecular complexity index is 519. The molecule has 8 heteroatoms. The molecule has 1 aromatic carbocycles. The van der Waals surface area contributed by atoms with E-state index < -0.39 is 12.8 Å². The van der Waals surface area contributed by atoms with Gasteiger partial charge < -0.3 is 19.7 Å². The molecular weight excluding hydrogens is 335 g/mol. The number of alkyl halides is 3. The van der Waals surface area contributed by atoms with Gasteiger partial charge in [-0.1, -0.05) is 12.1 Å². The molecule has 0 atom stereocenters. The highest BCUT2D eigenvalue weighted by Gasteiger charge is 2.27. The van der Waals surface area contributed by atoms with Gasteiger partial charge in [0.1, 0.15) is 12.4 Å². The van der Waals surface area contributed by atoms with Gasteiger partial charge in [-0.3, -0.25) is 4.99 Å². The maximum absolute atomic E-state index is 12.0. The summed E-state index contributed by atoms with van der Waals surface area (Å²) in [5.74, 6) is 1.50. The van der Waals surface area contributed by atoms with Crippen molar-refractivity contribution in [2.45, 2.75) is 26.1 Å². The Balaban J connectivity index is 2.47. The molecule has 0 saturated heterocycles. The normalized spacial score (nSPS) is 12.2. The third kappa shape index (κ3) is 9.19. The molecule has 0 aliphatic rings. The van der Waals surface area contributed by atoms with Gasteiger partial charge in [-0.25, -0.2) is 0 Å². The summed E-state index contributed by atoms with van der Waals surface area (Å²) >= 11 is 0. The smallest absolute Gasteiger partial charge is 0.411 e. The quantitative estimate of drug-likeness (QED) is 0.417. The molecule has 0 aliphatic heterocycles. The number of guanidine groups is 1. The number of ether oxygens (including phenoxy) is 2. The Morgan fingerprint density at radius 3 is 2.48 bits per heavy atom. The van der Waals surface area contributed by atoms with Crippen LogP contribution in [0.4, 0.5) is 13.2 Å². The maximum Gasteiger partial charge on any atom is 0.411 e. The Morgan fingerprint density at radius 1 is 1.24 bits per heavy atom. The minimum atomic E-state index is -4.28. The van der Waals surface area contributed by atoms with Crippen LogP contribution in [0.15, 0.2) is 29.3 Å². The van der Waals surface area contributed by atoms with E-state index in [1.165, 1.54) is 0 Å². The lowest BCUT2D eigenvalue weighted by Crippen LogP contribution is -2.38. The molecule has 1 N–H and O–H groups in total. The predicted molar refractivity (Wildman–Crippen MR) is 91.9 cm³/mol. The van der Waals surface area contributed by atoms with Crippen molar-refractivity contribution in [3.8, 4) is 5.75 Å². The molecule has 142 valence electrons. The van der Waals surface area contributed by atoms with Gasteiger partial charge in [0.05, 0.1) is 7.11 Å². The second-order valence-corrected chi connectivity index (χ2v) is 5.46. The van der Waals surface area contributed by atoms with Crippen molar-refractivity contribution in [1.82, 2.24) is 10.2 Å². The van der Waals surface area contributed by atoms with Crippen molar-refractivity contribution < 1.29 is 22.6 Å². The van der Waals surface area contributed by atoms with Crippen molar-refractivity contribution in [3.63, 3.8) is 0 Å². The van der Waals surface area contributed by atoms with E-state index in [2.05, 4.69) is 15.0 Å². The highest BCUT2D eigenvalue weighted by molar-refractivity contribution is 5.79. The second kappa shape index (κ2) is 10.8. The number of benzene rings is 1. The first-order valence-electron chi connectivity index (χ1n) is 8.12. The Labute approximate surface area is 146 Å². The Kier molecular flexibility index (Phi) is 9.12. The molecule has 0 radical (unpaired) electrons. The largest absolute Gasteiger partial charge is 0.497 e. The molecule has 0 saturated carbocycles. The highest BCUT2D eigenvalue weighted by Crippen LogP contribution is 2.14. The van der Waals surface area contributed by atoms with Crippen LogP contribution >= 0.6 is 0 Å². The van der Waals surface area contributed by atoms with Crippen molar-refractivity contribution in [1.29, 1.82) is 0 Å². The van der Waals surface area contributed by atoms with Crippen LogP contribution in [0, 0.1) is 0 Å². The van der Waals surface area contributed by atoms with E-state index in [4.69, 9.17) is 4.74 Å². The van der Waals surface area contributed by atoms with Crippen molar-refractivity contribution in [2.75, 3.05) is 40.5 Å². The van der Waals surface area contributed by atoms with Gasteiger partial charge in [-0.05, 0) is 31.0 Å². The van der Waals surface area contributed by atoms with E-state index in [9.17, 15) is 13.2 Å². The first-order chi connectivity index (χ1) is 11.9. The minimum Gasteiger partial charge on any atom is -0.497 e. The van der Waals surface area contributed by atoms with Crippen LogP contribution in [0.2, 0.25) is 0 Å². The summed E-state index contributed by atoms with van der Waals surface area (Å²) in [7, 11) is 3.53. The number of aliphatic imine (C=N–C) groups is 1. The van der Waals surface area contributed by atoms with Crippen LogP contribution in [0.1, 0.15) is 18.9 Å². The number of rotatable bonds is 9. The van der Waals surface area contributed by atoms with Gasteiger partial charge in [-0.15, -0.1) is 0 Å². The van der Waals surface area contributed by atoms with Crippen molar-refractivity contribution in [2.24, 2.45) is 4.99 Å². The predicted octanol–water partition coefficient (Wildman–Crippen LogP) is 3.06. The fourth-order valence-corrected chi connectivity index (χ4v) is 2.09. The maximum atomic E-state index is 12.0. The second-order valence-electron chi connectivity index (χ2n) is 5.46. The number of methoxy groups -OCH3 is 1. The average Bonchev–Trinajstić information content (AvgIpc) is 2.56. The molecule has 0 unspecified atom stereocenters. The Morgan fingerprint density at radius 2 is 1.92 bits per heavy atom. The molecule has 0 heterocycles. The molecule has 0 aliphatic carbocycles. The van der Waals surface area contributed by atoms with Crippen molar-refractivity contribution >= 4 is 5.96 Å². The minimum absolute atomic E-state index is 0.0324. The lowest BCUT2D eigenvalue weighted by Gasteiger charge is -2.22. The van der Waals surface area contributed by atoms with Crippen LogP contribution in [-0.4, -0.2) is 57.5 Å². The lowest BCUT2D eigenvalue weighted by molar-refractivity contribution is -0.173. The molecule has 1 rings (SSSR count). The van der Waals surface area contributed by atoms with E-state index in [1.54, 1.807) is 7.11 Å². The molecule has 0 aromatic heterocycles. The molecule has 1 aromatic rings. The average molecular weight is 361 g/mol. The third-order valence-corrected chi connectivity index (χ3v) is 3.25. The lowest BCUT2D eigenvalue weighted by atomic mass is 10.2. The SMILES string of the molecule is CCNC(=NCCCOCC(F)(F)F)N(C)Cc1ccc(OC)cc1. The summed E-state index contributed by atoms with van der Waals surface area (Å²) in [4.78, 5) is 6.38. The zero-order valence-electron chi connectivity index (χ0n) is 14.9. The van der Waals surface area contributed by atoms with Crippen molar-refractivity contribution in [3.05, 3.63) is 29.8 Å². The van der Waals surface area contributed by atoms with Crippen LogP contribution < -0.4 is 10.1 Å². The van der Waals surface area contributed by atoms with Gasteiger partial charge in [-0.2, -0.15) is 13.2 Å². The molecule has 0 spiro atoms. The highest BCUT2D eigenvalue weighted by atomic mass is 19.4. The zero-order chi connectivity index (χ0) is 18.7. The van der Waals surface area contributed by atoms with E-state index in [-0.39, 0.29) is 6.61 Å². The summed E-state index contributed by atoms with van der Waals surface area (Å²) in [5.41, 5.74) is 1.10. The third-order valence-electron chi connectivity index (χ3n) is 3.25. The van der Waals surface area contributed by atoms with Crippen LogP contribution in [0.25, 0.3) is 0 Å². The van der Waals surface area contributed by atoms with Gasteiger partial charge in [0, 0.05) is 33.3 Å². The fraction of sp³-hybridized carbons (Fsp3) is 0.588. The first kappa shape index (κ1) is 21.1. The monoisotopic (exact) mass is 361 g/mol. The Hall–Kier alpha value is -1.96. The molecule has 5 nitrogen and oxygen atoms in total. The van der Waals surface area contributed by atoms with Crippen LogP contribution in [-0.2, 0) is 11.3 Å². The number of nitrogens with one attached hydrogen (secondary N) is 1. The summed E-state index contributed by atoms with van der Waals surface area (Å²) in [6, 6.07) is 7.74. The molecule has 0 bridgehead atoms. The molecular formula is C17H26F3N3O2. The van der Waals surface area contributed by atoms with E-state index >= 15 is 0 Å². The standard InChI is InChI=1S/C17H26F3N3O2/c1-4-21-16(22-10-5-11-25-13-17(18,19)20)23(2)12-14-6-8-15(24-3)9-7-14/h6-9H,4-5,10-13H2,1-3H3,(H,21,22). The summed E-state index contributed by atoms with van der Waals surface area (Å²) in [5, 5.41) is 3.17. The first-order valence-corrected chi connectivity index (χ1v) is 8.12. The molecule has 25 heavy (non-hydrogen) atoms. The zero-order valence-corrected chi connectivity index (χ0v) is 14.9. The fourth-order valence-electron chi connectivity index (χ4n) is 2.09. The number of hydrogen-bond acceptors (Lipinski definition) is 3. The molecule has 0 amide bonds. The molecule has 0 fully saturated rings. The van der Waals surface area contributed by atoms with Gasteiger partial charge in [0.15, 0.2) is 5.96 Å². The van der Waals surface area contributed by atoms with Crippen LogP contribution in [0.3, 0.4) is 0 Å². The van der Waals surface area contributed by atoms with Gasteiger partial charge >= 0.3 is 6.18 Å². The van der Waals surface area contributed by atoms with E-state index in [0.29, 0.717) is 32.0 Å².